The maximum atomic E-state index is 13.4. The number of pyridine rings is 1. The molecule has 0 aliphatic carbocycles. The van der Waals surface area contributed by atoms with Gasteiger partial charge in [-0.3, -0.25) is 4.98 Å². The molecule has 1 N–H and O–H groups in total. The number of hydrogen-bond donors (Lipinski definition) is 1. The van der Waals surface area contributed by atoms with E-state index in [-0.39, 0.29) is 11.9 Å². The van der Waals surface area contributed by atoms with Crippen LogP contribution in [0.25, 0.3) is 0 Å². The summed E-state index contributed by atoms with van der Waals surface area (Å²) in [6.45, 7) is 4.32. The molecule has 0 amide bonds. The second-order valence-corrected chi connectivity index (χ2v) is 4.75. The average molecular weight is 274 g/mol. The van der Waals surface area contributed by atoms with Gasteiger partial charge in [0.2, 0.25) is 0 Å². The zero-order chi connectivity index (χ0) is 14.5. The lowest BCUT2D eigenvalue weighted by atomic mass is 10.1. The van der Waals surface area contributed by atoms with E-state index in [9.17, 15) is 4.39 Å². The molecule has 0 aliphatic heterocycles. The molecule has 0 bridgehead atoms. The van der Waals surface area contributed by atoms with E-state index < -0.39 is 0 Å². The quantitative estimate of drug-likeness (QED) is 0.907. The Morgan fingerprint density at radius 3 is 2.85 bits per heavy atom. The SMILES string of the molecule is CNC(C)c1ccc(F)cc1OCc1ncccc1C. The summed E-state index contributed by atoms with van der Waals surface area (Å²) in [5, 5.41) is 3.13. The van der Waals surface area contributed by atoms with Gasteiger partial charge in [-0.05, 0) is 38.6 Å². The molecule has 1 aromatic carbocycles. The molecule has 0 aliphatic rings. The summed E-state index contributed by atoms with van der Waals surface area (Å²) in [5.74, 6) is 0.252. The summed E-state index contributed by atoms with van der Waals surface area (Å²) >= 11 is 0. The van der Waals surface area contributed by atoms with Gasteiger partial charge in [-0.25, -0.2) is 4.39 Å². The number of aryl methyl sites for hydroxylation is 1. The van der Waals surface area contributed by atoms with Gasteiger partial charge in [-0.2, -0.15) is 0 Å². The maximum Gasteiger partial charge on any atom is 0.130 e. The van der Waals surface area contributed by atoms with E-state index in [0.29, 0.717) is 12.4 Å². The van der Waals surface area contributed by atoms with Crippen molar-refractivity contribution in [2.24, 2.45) is 0 Å². The summed E-state index contributed by atoms with van der Waals surface area (Å²) < 4.78 is 19.2. The van der Waals surface area contributed by atoms with Crippen LogP contribution in [-0.2, 0) is 6.61 Å². The Kier molecular flexibility index (Phi) is 4.69. The summed E-state index contributed by atoms with van der Waals surface area (Å²) in [6, 6.07) is 8.57. The van der Waals surface area contributed by atoms with Gasteiger partial charge in [0.25, 0.3) is 0 Å². The summed E-state index contributed by atoms with van der Waals surface area (Å²) in [7, 11) is 1.86. The molecule has 1 unspecified atom stereocenters. The minimum absolute atomic E-state index is 0.0930. The predicted molar refractivity (Wildman–Crippen MR) is 77.2 cm³/mol. The Balaban J connectivity index is 2.20. The Morgan fingerprint density at radius 1 is 1.35 bits per heavy atom. The van der Waals surface area contributed by atoms with Gasteiger partial charge < -0.3 is 10.1 Å². The van der Waals surface area contributed by atoms with Gasteiger partial charge >= 0.3 is 0 Å². The molecule has 4 heteroatoms. The van der Waals surface area contributed by atoms with Crippen LogP contribution in [0.4, 0.5) is 4.39 Å². The van der Waals surface area contributed by atoms with Crippen LogP contribution in [-0.4, -0.2) is 12.0 Å². The Bertz CT molecular complexity index is 586. The highest BCUT2D eigenvalue weighted by Gasteiger charge is 2.12. The van der Waals surface area contributed by atoms with Crippen LogP contribution in [0.15, 0.2) is 36.5 Å². The third-order valence-electron chi connectivity index (χ3n) is 3.36. The van der Waals surface area contributed by atoms with Crippen molar-refractivity contribution in [3.05, 3.63) is 59.2 Å². The fraction of sp³-hybridized carbons (Fsp3) is 0.312. The van der Waals surface area contributed by atoms with Crippen LogP contribution in [0.5, 0.6) is 5.75 Å². The lowest BCUT2D eigenvalue weighted by Gasteiger charge is -2.17. The van der Waals surface area contributed by atoms with E-state index in [1.165, 1.54) is 12.1 Å². The van der Waals surface area contributed by atoms with E-state index in [2.05, 4.69) is 10.3 Å². The standard InChI is InChI=1S/C16H19FN2O/c1-11-5-4-8-19-15(11)10-20-16-9-13(17)6-7-14(16)12(2)18-3/h4-9,12,18H,10H2,1-3H3. The number of benzene rings is 1. The molecule has 1 heterocycles. The van der Waals surface area contributed by atoms with Crippen LogP contribution in [0.3, 0.4) is 0 Å². The van der Waals surface area contributed by atoms with Crippen LogP contribution in [0, 0.1) is 12.7 Å². The third-order valence-corrected chi connectivity index (χ3v) is 3.36. The first-order chi connectivity index (χ1) is 9.61. The van der Waals surface area contributed by atoms with Crippen molar-refractivity contribution in [3.8, 4) is 5.75 Å². The van der Waals surface area contributed by atoms with Gasteiger partial charge in [0.05, 0.1) is 5.69 Å². The molecular weight excluding hydrogens is 255 g/mol. The monoisotopic (exact) mass is 274 g/mol. The van der Waals surface area contributed by atoms with Crippen LogP contribution >= 0.6 is 0 Å². The van der Waals surface area contributed by atoms with Crippen LogP contribution in [0.2, 0.25) is 0 Å². The van der Waals surface area contributed by atoms with Crippen molar-refractivity contribution in [2.75, 3.05) is 7.05 Å². The molecule has 1 atom stereocenters. The molecule has 0 saturated heterocycles. The molecule has 1 aromatic heterocycles. The van der Waals surface area contributed by atoms with Gasteiger partial charge in [-0.1, -0.05) is 12.1 Å². The van der Waals surface area contributed by atoms with Crippen molar-refractivity contribution >= 4 is 0 Å². The van der Waals surface area contributed by atoms with Crippen molar-refractivity contribution in [1.82, 2.24) is 10.3 Å². The minimum atomic E-state index is -0.301. The molecular formula is C16H19FN2O. The van der Waals surface area contributed by atoms with Crippen molar-refractivity contribution in [3.63, 3.8) is 0 Å². The zero-order valence-electron chi connectivity index (χ0n) is 12.0. The second-order valence-electron chi connectivity index (χ2n) is 4.75. The maximum absolute atomic E-state index is 13.4. The van der Waals surface area contributed by atoms with Crippen molar-refractivity contribution in [2.45, 2.75) is 26.5 Å². The van der Waals surface area contributed by atoms with E-state index in [1.807, 2.05) is 33.0 Å². The van der Waals surface area contributed by atoms with Gasteiger partial charge in [0, 0.05) is 23.9 Å². The van der Waals surface area contributed by atoms with Gasteiger partial charge in [-0.15, -0.1) is 0 Å². The molecule has 20 heavy (non-hydrogen) atoms. The summed E-state index contributed by atoms with van der Waals surface area (Å²) in [4.78, 5) is 4.28. The Hall–Kier alpha value is -1.94. The fourth-order valence-corrected chi connectivity index (χ4v) is 1.96. The van der Waals surface area contributed by atoms with E-state index in [4.69, 9.17) is 4.74 Å². The average Bonchev–Trinajstić information content (AvgIpc) is 2.46. The molecule has 0 radical (unpaired) electrons. The smallest absolute Gasteiger partial charge is 0.130 e. The highest BCUT2D eigenvalue weighted by molar-refractivity contribution is 5.36. The van der Waals surface area contributed by atoms with Gasteiger partial charge in [0.15, 0.2) is 0 Å². The number of aromatic nitrogens is 1. The van der Waals surface area contributed by atoms with Crippen LogP contribution < -0.4 is 10.1 Å². The Morgan fingerprint density at radius 2 is 2.15 bits per heavy atom. The third kappa shape index (κ3) is 3.33. The normalized spacial score (nSPS) is 12.2. The lowest BCUT2D eigenvalue weighted by molar-refractivity contribution is 0.293. The molecule has 0 fully saturated rings. The number of hydrogen-bond acceptors (Lipinski definition) is 3. The first-order valence-electron chi connectivity index (χ1n) is 6.62. The van der Waals surface area contributed by atoms with Crippen LogP contribution in [0.1, 0.15) is 29.8 Å². The van der Waals surface area contributed by atoms with E-state index >= 15 is 0 Å². The molecule has 2 rings (SSSR count). The number of nitrogens with one attached hydrogen (secondary N) is 1. The van der Waals surface area contributed by atoms with Crippen molar-refractivity contribution < 1.29 is 9.13 Å². The fourth-order valence-electron chi connectivity index (χ4n) is 1.96. The largest absolute Gasteiger partial charge is 0.487 e. The molecule has 0 saturated carbocycles. The number of rotatable bonds is 5. The van der Waals surface area contributed by atoms with E-state index in [0.717, 1.165) is 16.8 Å². The van der Waals surface area contributed by atoms with Crippen molar-refractivity contribution in [1.29, 1.82) is 0 Å². The highest BCUT2D eigenvalue weighted by atomic mass is 19.1. The van der Waals surface area contributed by atoms with Gasteiger partial charge in [0.1, 0.15) is 18.2 Å². The number of nitrogens with zero attached hydrogens (tertiary/aromatic N) is 1. The van der Waals surface area contributed by atoms with E-state index in [1.54, 1.807) is 12.3 Å². The predicted octanol–water partition coefficient (Wildman–Crippen LogP) is 3.39. The molecule has 3 nitrogen and oxygen atoms in total. The molecule has 0 spiro atoms. The first-order valence-corrected chi connectivity index (χ1v) is 6.62. The topological polar surface area (TPSA) is 34.1 Å². The first kappa shape index (κ1) is 14.5. The molecule has 106 valence electrons. The zero-order valence-corrected chi connectivity index (χ0v) is 12.0. The lowest BCUT2D eigenvalue weighted by Crippen LogP contribution is -2.14. The molecule has 2 aromatic rings. The second kappa shape index (κ2) is 6.48. The number of ether oxygens (including phenoxy) is 1. The summed E-state index contributed by atoms with van der Waals surface area (Å²) in [5.41, 5.74) is 2.86. The Labute approximate surface area is 118 Å². The number of halogens is 1. The summed E-state index contributed by atoms with van der Waals surface area (Å²) in [6.07, 6.45) is 1.73. The highest BCUT2D eigenvalue weighted by Crippen LogP contribution is 2.26. The minimum Gasteiger partial charge on any atom is -0.487 e.